The van der Waals surface area contributed by atoms with Gasteiger partial charge in [0.25, 0.3) is 0 Å². The van der Waals surface area contributed by atoms with Crippen LogP contribution < -0.4 is 22.0 Å². The summed E-state index contributed by atoms with van der Waals surface area (Å²) in [5.41, 5.74) is 1.63. The first-order valence-electron chi connectivity index (χ1n) is 6.13. The Kier molecular flexibility index (Phi) is 5.45. The van der Waals surface area contributed by atoms with E-state index in [1.165, 1.54) is 6.34 Å². The van der Waals surface area contributed by atoms with Gasteiger partial charge in [-0.25, -0.2) is 16.2 Å². The van der Waals surface area contributed by atoms with Crippen molar-refractivity contribution in [3.05, 3.63) is 0 Å². The van der Waals surface area contributed by atoms with Gasteiger partial charge in [-0.05, 0) is 27.2 Å². The van der Waals surface area contributed by atoms with Crippen LogP contribution in [0.3, 0.4) is 0 Å². The molecule has 19 heavy (non-hydrogen) atoms. The van der Waals surface area contributed by atoms with E-state index in [0.717, 1.165) is 12.8 Å². The van der Waals surface area contributed by atoms with Crippen LogP contribution in [0.4, 0.5) is 4.79 Å². The molecule has 0 aromatic rings. The van der Waals surface area contributed by atoms with Gasteiger partial charge in [0, 0.05) is 6.42 Å². The van der Waals surface area contributed by atoms with Gasteiger partial charge >= 0.3 is 6.09 Å². The molecule has 0 bridgehead atoms. The van der Waals surface area contributed by atoms with Crippen molar-refractivity contribution < 1.29 is 9.53 Å². The fourth-order valence-electron chi connectivity index (χ4n) is 1.60. The quantitative estimate of drug-likeness (QED) is 0.189. The van der Waals surface area contributed by atoms with Crippen LogP contribution in [-0.4, -0.2) is 30.1 Å². The van der Waals surface area contributed by atoms with Crippen LogP contribution in [0.5, 0.6) is 0 Å². The fraction of sp³-hybridized carbons (Fsp3) is 0.667. The van der Waals surface area contributed by atoms with Crippen LogP contribution >= 0.6 is 0 Å². The maximum absolute atomic E-state index is 11.7. The minimum absolute atomic E-state index is 0.0223. The van der Waals surface area contributed by atoms with Gasteiger partial charge in [-0.2, -0.15) is 5.10 Å². The zero-order valence-electron chi connectivity index (χ0n) is 11.5. The lowest BCUT2D eigenvalue weighted by molar-refractivity contribution is 0.0508. The molecule has 0 fully saturated rings. The normalized spacial score (nSPS) is 22.3. The summed E-state index contributed by atoms with van der Waals surface area (Å²) in [6, 6.07) is -0.335. The van der Waals surface area contributed by atoms with E-state index >= 15 is 0 Å². The van der Waals surface area contributed by atoms with Crippen LogP contribution in [0, 0.1) is 11.8 Å². The second-order valence-electron chi connectivity index (χ2n) is 5.14. The molecule has 0 saturated carbocycles. The maximum atomic E-state index is 11.7. The molecule has 0 spiro atoms. The number of carbonyl (C=O) groups is 1. The number of nitrogens with two attached hydrogens (primary N) is 1. The SMILES string of the molecule is CC(C)(C)OC(=O)N[C@H]1C#CCC[C@@H]1NC=NNN. The Bertz CT molecular complexity index is 391. The van der Waals surface area contributed by atoms with Crippen molar-refractivity contribution in [3.8, 4) is 11.8 Å². The summed E-state index contributed by atoms with van der Waals surface area (Å²) < 4.78 is 5.20. The van der Waals surface area contributed by atoms with Gasteiger partial charge in [-0.15, -0.1) is 5.92 Å². The molecule has 0 radical (unpaired) electrons. The number of nitrogens with zero attached hydrogens (tertiary/aromatic N) is 1. The highest BCUT2D eigenvalue weighted by Crippen LogP contribution is 2.10. The van der Waals surface area contributed by atoms with Crippen molar-refractivity contribution in [1.82, 2.24) is 16.2 Å². The molecule has 7 heteroatoms. The lowest BCUT2D eigenvalue weighted by atomic mass is 9.99. The molecule has 0 unspecified atom stereocenters. The summed E-state index contributed by atoms with van der Waals surface area (Å²) in [5, 5.41) is 9.41. The highest BCUT2D eigenvalue weighted by Gasteiger charge is 2.25. The van der Waals surface area contributed by atoms with Crippen LogP contribution in [0.15, 0.2) is 5.10 Å². The Morgan fingerprint density at radius 2 is 2.26 bits per heavy atom. The molecule has 0 aliphatic heterocycles. The van der Waals surface area contributed by atoms with E-state index in [-0.39, 0.29) is 12.1 Å². The molecule has 0 heterocycles. The summed E-state index contributed by atoms with van der Waals surface area (Å²) in [6.45, 7) is 5.44. The van der Waals surface area contributed by atoms with Crippen LogP contribution in [0.2, 0.25) is 0 Å². The molecule has 0 saturated heterocycles. The highest BCUT2D eigenvalue weighted by molar-refractivity contribution is 5.69. The first kappa shape index (κ1) is 15.1. The summed E-state index contributed by atoms with van der Waals surface area (Å²) in [4.78, 5) is 11.7. The Morgan fingerprint density at radius 3 is 2.89 bits per heavy atom. The molecule has 1 rings (SSSR count). The second kappa shape index (κ2) is 6.85. The molecule has 1 aliphatic carbocycles. The smallest absolute Gasteiger partial charge is 0.408 e. The number of hydrogen-bond donors (Lipinski definition) is 4. The van der Waals surface area contributed by atoms with E-state index < -0.39 is 11.7 Å². The van der Waals surface area contributed by atoms with Crippen molar-refractivity contribution in [2.45, 2.75) is 51.3 Å². The largest absolute Gasteiger partial charge is 0.444 e. The first-order chi connectivity index (χ1) is 8.92. The van der Waals surface area contributed by atoms with Gasteiger partial charge in [0.15, 0.2) is 0 Å². The lowest BCUT2D eigenvalue weighted by Gasteiger charge is -2.27. The van der Waals surface area contributed by atoms with Crippen molar-refractivity contribution in [1.29, 1.82) is 0 Å². The fourth-order valence-corrected chi connectivity index (χ4v) is 1.60. The molecule has 1 aliphatic rings. The summed E-state index contributed by atoms with van der Waals surface area (Å²) in [6.07, 6.45) is 2.55. The van der Waals surface area contributed by atoms with Gasteiger partial charge in [0.1, 0.15) is 18.0 Å². The minimum Gasteiger partial charge on any atom is -0.444 e. The second-order valence-corrected chi connectivity index (χ2v) is 5.14. The average molecular weight is 267 g/mol. The number of ether oxygens (including phenoxy) is 1. The molecule has 106 valence electrons. The van der Waals surface area contributed by atoms with Gasteiger partial charge in [-0.3, -0.25) is 0 Å². The predicted octanol–water partition coefficient (Wildman–Crippen LogP) is 0.0417. The third-order valence-electron chi connectivity index (χ3n) is 2.34. The predicted molar refractivity (Wildman–Crippen MR) is 72.9 cm³/mol. The van der Waals surface area contributed by atoms with Crippen molar-refractivity contribution in [2.75, 3.05) is 0 Å². The minimum atomic E-state index is -0.528. The van der Waals surface area contributed by atoms with E-state index in [9.17, 15) is 4.79 Å². The number of hydrogen-bond acceptors (Lipinski definition) is 5. The number of carbonyl (C=O) groups excluding carboxylic acids is 1. The Hall–Kier alpha value is -1.94. The van der Waals surface area contributed by atoms with Crippen molar-refractivity contribution in [3.63, 3.8) is 0 Å². The zero-order chi connectivity index (χ0) is 14.3. The standard InChI is InChI=1S/C12H21N5O2/c1-12(2,3)19-11(18)16-10-7-5-4-6-9(10)14-8-15-17-13/h8-10,17H,4,6,13H2,1-3H3,(H,14,15)(H,16,18)/t9-,10-/m0/s1. The summed E-state index contributed by atoms with van der Waals surface area (Å²) >= 11 is 0. The number of alkyl carbamates (subject to hydrolysis) is 1. The Labute approximate surface area is 113 Å². The van der Waals surface area contributed by atoms with Crippen LogP contribution in [0.25, 0.3) is 0 Å². The van der Waals surface area contributed by atoms with Crippen LogP contribution in [-0.2, 0) is 4.74 Å². The first-order valence-corrected chi connectivity index (χ1v) is 6.13. The van der Waals surface area contributed by atoms with Gasteiger partial charge in [0.05, 0.1) is 6.04 Å². The molecular formula is C12H21N5O2. The zero-order valence-corrected chi connectivity index (χ0v) is 11.5. The van der Waals surface area contributed by atoms with Gasteiger partial charge in [-0.1, -0.05) is 5.92 Å². The van der Waals surface area contributed by atoms with E-state index in [1.807, 2.05) is 20.8 Å². The monoisotopic (exact) mass is 267 g/mol. The Balaban J connectivity index is 2.54. The lowest BCUT2D eigenvalue weighted by Crippen LogP contribution is -2.51. The van der Waals surface area contributed by atoms with Crippen molar-refractivity contribution >= 4 is 12.4 Å². The third-order valence-corrected chi connectivity index (χ3v) is 2.34. The molecule has 2 atom stereocenters. The number of hydrazine groups is 1. The van der Waals surface area contributed by atoms with Crippen molar-refractivity contribution in [2.24, 2.45) is 10.9 Å². The maximum Gasteiger partial charge on any atom is 0.408 e. The van der Waals surface area contributed by atoms with Gasteiger partial charge in [0.2, 0.25) is 0 Å². The molecule has 5 N–H and O–H groups in total. The Morgan fingerprint density at radius 1 is 1.53 bits per heavy atom. The van der Waals surface area contributed by atoms with E-state index in [2.05, 4.69) is 33.1 Å². The molecular weight excluding hydrogens is 246 g/mol. The van der Waals surface area contributed by atoms with E-state index in [1.54, 1.807) is 0 Å². The molecule has 1 amide bonds. The topological polar surface area (TPSA) is 101 Å². The molecule has 0 aromatic heterocycles. The van der Waals surface area contributed by atoms with Gasteiger partial charge < -0.3 is 15.4 Å². The van der Waals surface area contributed by atoms with Crippen LogP contribution in [0.1, 0.15) is 33.6 Å². The molecule has 7 nitrogen and oxygen atoms in total. The summed E-state index contributed by atoms with van der Waals surface area (Å²) in [5.74, 6) is 11.0. The number of hydrazone groups is 1. The van der Waals surface area contributed by atoms with E-state index in [4.69, 9.17) is 10.6 Å². The number of amides is 1. The third kappa shape index (κ3) is 5.97. The number of rotatable bonds is 4. The highest BCUT2D eigenvalue weighted by atomic mass is 16.6. The molecule has 0 aromatic carbocycles. The average Bonchev–Trinajstić information content (AvgIpc) is 2.29. The van der Waals surface area contributed by atoms with E-state index in [0.29, 0.717) is 0 Å². The number of nitrogens with one attached hydrogen (secondary N) is 3. The summed E-state index contributed by atoms with van der Waals surface area (Å²) in [7, 11) is 0.